The van der Waals surface area contributed by atoms with Gasteiger partial charge in [0, 0.05) is 21.2 Å². The summed E-state index contributed by atoms with van der Waals surface area (Å²) in [7, 11) is 0. The van der Waals surface area contributed by atoms with E-state index in [0.29, 0.717) is 5.56 Å². The fourth-order valence-electron chi connectivity index (χ4n) is 3.63. The van der Waals surface area contributed by atoms with Crippen molar-refractivity contribution in [3.63, 3.8) is 0 Å². The van der Waals surface area contributed by atoms with Crippen LogP contribution in [0.1, 0.15) is 46.5 Å². The van der Waals surface area contributed by atoms with Crippen molar-refractivity contribution in [1.82, 2.24) is 5.32 Å². The van der Waals surface area contributed by atoms with Crippen molar-refractivity contribution in [3.8, 4) is 11.1 Å². The minimum Gasteiger partial charge on any atom is -0.480 e. The lowest BCUT2D eigenvalue weighted by atomic mass is 9.94. The Morgan fingerprint density at radius 2 is 1.53 bits per heavy atom. The molecular formula is C27H29ClN2O3S. The standard InChI is InChI=1S/C27H29ClN2O3S/c1-15-13-23(16(2)12-22(15)28)34-30-21-9-7-8-19(14-21)20-10-17(3)24(18(4)11-20)25(31)29-27(5,6)26(32)33/h7-14,30H,1-6H3,(H,29,31)(H,32,33). The topological polar surface area (TPSA) is 78.4 Å². The minimum atomic E-state index is -1.35. The van der Waals surface area contributed by atoms with E-state index in [0.717, 1.165) is 49.0 Å². The monoisotopic (exact) mass is 496 g/mol. The first kappa shape index (κ1) is 25.7. The van der Waals surface area contributed by atoms with Crippen LogP contribution in [-0.2, 0) is 4.79 Å². The predicted octanol–water partition coefficient (Wildman–Crippen LogP) is 6.95. The number of amides is 1. The van der Waals surface area contributed by atoms with Crippen LogP contribution in [0.25, 0.3) is 11.1 Å². The van der Waals surface area contributed by atoms with Crippen molar-refractivity contribution < 1.29 is 14.7 Å². The number of hydrogen-bond acceptors (Lipinski definition) is 4. The summed E-state index contributed by atoms with van der Waals surface area (Å²) in [4.78, 5) is 25.3. The molecule has 34 heavy (non-hydrogen) atoms. The Balaban J connectivity index is 1.83. The Morgan fingerprint density at radius 3 is 2.15 bits per heavy atom. The molecule has 5 nitrogen and oxygen atoms in total. The summed E-state index contributed by atoms with van der Waals surface area (Å²) < 4.78 is 3.41. The maximum absolute atomic E-state index is 12.8. The zero-order chi connectivity index (χ0) is 25.2. The lowest BCUT2D eigenvalue weighted by molar-refractivity contribution is -0.143. The quantitative estimate of drug-likeness (QED) is 0.308. The van der Waals surface area contributed by atoms with Gasteiger partial charge >= 0.3 is 5.97 Å². The van der Waals surface area contributed by atoms with Crippen LogP contribution in [0.4, 0.5) is 5.69 Å². The predicted molar refractivity (Wildman–Crippen MR) is 141 cm³/mol. The molecule has 1 amide bonds. The summed E-state index contributed by atoms with van der Waals surface area (Å²) in [5.74, 6) is -1.48. The van der Waals surface area contributed by atoms with Gasteiger partial charge in [-0.3, -0.25) is 4.79 Å². The molecule has 0 saturated carbocycles. The normalized spacial score (nSPS) is 11.3. The Labute approximate surface area is 210 Å². The number of carboxylic acids is 1. The molecular weight excluding hydrogens is 468 g/mol. The van der Waals surface area contributed by atoms with E-state index in [1.165, 1.54) is 25.8 Å². The van der Waals surface area contributed by atoms with Gasteiger partial charge in [-0.25, -0.2) is 4.79 Å². The number of carboxylic acid groups (broad SMARTS) is 1. The Kier molecular flexibility index (Phi) is 7.64. The average molecular weight is 497 g/mol. The van der Waals surface area contributed by atoms with Gasteiger partial charge in [-0.05, 0) is 111 Å². The number of nitrogens with one attached hydrogen (secondary N) is 2. The summed E-state index contributed by atoms with van der Waals surface area (Å²) in [5, 5.41) is 12.7. The molecule has 0 heterocycles. The fraction of sp³-hybridized carbons (Fsp3) is 0.259. The molecule has 3 aromatic carbocycles. The molecule has 0 aliphatic rings. The van der Waals surface area contributed by atoms with Crippen LogP contribution < -0.4 is 10.0 Å². The van der Waals surface area contributed by atoms with Crippen LogP contribution in [0.15, 0.2) is 53.4 Å². The van der Waals surface area contributed by atoms with E-state index < -0.39 is 17.4 Å². The highest BCUT2D eigenvalue weighted by Gasteiger charge is 2.30. The van der Waals surface area contributed by atoms with Crippen LogP contribution in [0, 0.1) is 27.7 Å². The highest BCUT2D eigenvalue weighted by molar-refractivity contribution is 8.00. The van der Waals surface area contributed by atoms with Crippen molar-refractivity contribution in [2.24, 2.45) is 0 Å². The number of aryl methyl sites for hydroxylation is 4. The van der Waals surface area contributed by atoms with Crippen molar-refractivity contribution in [2.45, 2.75) is 52.0 Å². The van der Waals surface area contributed by atoms with E-state index in [4.69, 9.17) is 11.6 Å². The summed E-state index contributed by atoms with van der Waals surface area (Å²) >= 11 is 7.75. The first-order valence-electron chi connectivity index (χ1n) is 10.9. The van der Waals surface area contributed by atoms with Gasteiger partial charge in [0.15, 0.2) is 0 Å². The minimum absolute atomic E-state index is 0.394. The van der Waals surface area contributed by atoms with E-state index in [1.807, 2.05) is 64.1 Å². The summed E-state index contributed by atoms with van der Waals surface area (Å²) in [6.07, 6.45) is 0. The van der Waals surface area contributed by atoms with Crippen molar-refractivity contribution in [3.05, 3.63) is 81.4 Å². The van der Waals surface area contributed by atoms with Gasteiger partial charge in [-0.15, -0.1) is 0 Å². The molecule has 0 saturated heterocycles. The largest absolute Gasteiger partial charge is 0.480 e. The SMILES string of the molecule is Cc1cc(SNc2cccc(-c3cc(C)c(C(=O)NC(C)(C)C(=O)O)c(C)c3)c2)c(C)cc1Cl. The zero-order valence-electron chi connectivity index (χ0n) is 20.2. The van der Waals surface area contributed by atoms with Crippen LogP contribution in [0.2, 0.25) is 5.02 Å². The first-order valence-corrected chi connectivity index (χ1v) is 12.1. The number of carbonyl (C=O) groups is 2. The molecule has 3 aromatic rings. The maximum atomic E-state index is 12.8. The average Bonchev–Trinajstić information content (AvgIpc) is 2.74. The number of anilines is 1. The van der Waals surface area contributed by atoms with Crippen LogP contribution in [0.5, 0.6) is 0 Å². The van der Waals surface area contributed by atoms with Crippen molar-refractivity contribution in [1.29, 1.82) is 0 Å². The number of halogens is 1. The molecule has 0 unspecified atom stereocenters. The van der Waals surface area contributed by atoms with E-state index in [9.17, 15) is 14.7 Å². The molecule has 0 aliphatic heterocycles. The highest BCUT2D eigenvalue weighted by Crippen LogP contribution is 2.32. The second kappa shape index (κ2) is 10.1. The van der Waals surface area contributed by atoms with Gasteiger partial charge in [-0.1, -0.05) is 35.9 Å². The van der Waals surface area contributed by atoms with Gasteiger partial charge in [0.05, 0.1) is 0 Å². The summed E-state index contributed by atoms with van der Waals surface area (Å²) in [6.45, 7) is 10.7. The van der Waals surface area contributed by atoms with Gasteiger partial charge in [0.2, 0.25) is 0 Å². The number of benzene rings is 3. The van der Waals surface area contributed by atoms with Gasteiger partial charge in [0.25, 0.3) is 5.91 Å². The molecule has 0 aromatic heterocycles. The molecule has 0 radical (unpaired) electrons. The molecule has 0 aliphatic carbocycles. The van der Waals surface area contributed by atoms with Gasteiger partial charge in [-0.2, -0.15) is 0 Å². The lowest BCUT2D eigenvalue weighted by Crippen LogP contribution is -2.49. The second-order valence-corrected chi connectivity index (χ2v) is 10.3. The smallest absolute Gasteiger partial charge is 0.328 e. The van der Waals surface area contributed by atoms with Crippen molar-refractivity contribution >= 4 is 41.1 Å². The molecule has 0 spiro atoms. The van der Waals surface area contributed by atoms with Gasteiger partial charge in [0.1, 0.15) is 5.54 Å². The van der Waals surface area contributed by atoms with E-state index >= 15 is 0 Å². The van der Waals surface area contributed by atoms with Gasteiger partial charge < -0.3 is 15.1 Å². The zero-order valence-corrected chi connectivity index (χ0v) is 21.7. The van der Waals surface area contributed by atoms with Crippen molar-refractivity contribution in [2.75, 3.05) is 4.72 Å². The molecule has 0 bridgehead atoms. The number of carbonyl (C=O) groups excluding carboxylic acids is 1. The van der Waals surface area contributed by atoms with Crippen LogP contribution >= 0.6 is 23.5 Å². The van der Waals surface area contributed by atoms with Crippen LogP contribution in [-0.4, -0.2) is 22.5 Å². The van der Waals surface area contributed by atoms with E-state index in [2.05, 4.69) is 22.2 Å². The third kappa shape index (κ3) is 5.75. The summed E-state index contributed by atoms with van der Waals surface area (Å²) in [6, 6.07) is 16.0. The van der Waals surface area contributed by atoms with Crippen LogP contribution in [0.3, 0.4) is 0 Å². The number of hydrogen-bond donors (Lipinski definition) is 3. The second-order valence-electron chi connectivity index (χ2n) is 9.02. The molecule has 178 valence electrons. The molecule has 7 heteroatoms. The fourth-order valence-corrected chi connectivity index (χ4v) is 4.66. The Bertz CT molecular complexity index is 1250. The van der Waals surface area contributed by atoms with E-state index in [-0.39, 0.29) is 0 Å². The Morgan fingerprint density at radius 1 is 0.882 bits per heavy atom. The Hall–Kier alpha value is -2.96. The maximum Gasteiger partial charge on any atom is 0.328 e. The summed E-state index contributed by atoms with van der Waals surface area (Å²) in [5.41, 5.74) is 5.80. The molecule has 0 fully saturated rings. The number of rotatable bonds is 7. The highest BCUT2D eigenvalue weighted by atomic mass is 35.5. The number of aliphatic carboxylic acids is 1. The van der Waals surface area contributed by atoms with E-state index in [1.54, 1.807) is 0 Å². The lowest BCUT2D eigenvalue weighted by Gasteiger charge is -2.22. The molecule has 0 atom stereocenters. The third-order valence-electron chi connectivity index (χ3n) is 5.65. The first-order chi connectivity index (χ1) is 15.9. The third-order valence-corrected chi connectivity index (χ3v) is 7.06. The molecule has 3 rings (SSSR count). The molecule has 3 N–H and O–H groups in total.